The number of nitrogens with two attached hydrogens (primary N) is 1. The largest absolute Gasteiger partial charge is 0.383 e. The van der Waals surface area contributed by atoms with E-state index in [4.69, 9.17) is 10.5 Å². The van der Waals surface area contributed by atoms with Crippen LogP contribution in [0, 0.1) is 0 Å². The second-order valence-corrected chi connectivity index (χ2v) is 4.95. The van der Waals surface area contributed by atoms with Gasteiger partial charge in [0.2, 0.25) is 5.91 Å². The smallest absolute Gasteiger partial charge is 0.224 e. The molecule has 1 rings (SSSR count). The van der Waals surface area contributed by atoms with E-state index in [1.54, 1.807) is 7.11 Å². The van der Waals surface area contributed by atoms with Crippen molar-refractivity contribution in [3.05, 3.63) is 35.9 Å². The lowest BCUT2D eigenvalue weighted by molar-refractivity contribution is -0.132. The summed E-state index contributed by atoms with van der Waals surface area (Å²) in [7, 11) is 1.65. The Hall–Kier alpha value is -1.39. The van der Waals surface area contributed by atoms with Gasteiger partial charge in [0.25, 0.3) is 0 Å². The Balaban J connectivity index is 2.55. The van der Waals surface area contributed by atoms with E-state index >= 15 is 0 Å². The first kappa shape index (κ1) is 16.7. The van der Waals surface area contributed by atoms with Gasteiger partial charge in [0.15, 0.2) is 0 Å². The maximum Gasteiger partial charge on any atom is 0.224 e. The van der Waals surface area contributed by atoms with Crippen LogP contribution in [0.25, 0.3) is 0 Å². The summed E-state index contributed by atoms with van der Waals surface area (Å²) < 4.78 is 5.07. The van der Waals surface area contributed by atoms with Gasteiger partial charge in [-0.2, -0.15) is 0 Å². The van der Waals surface area contributed by atoms with Crippen molar-refractivity contribution in [2.45, 2.75) is 32.2 Å². The molecule has 1 atom stereocenters. The van der Waals surface area contributed by atoms with E-state index in [-0.39, 0.29) is 11.9 Å². The van der Waals surface area contributed by atoms with Crippen molar-refractivity contribution in [1.29, 1.82) is 0 Å². The van der Waals surface area contributed by atoms with E-state index < -0.39 is 0 Å². The molecule has 0 aliphatic rings. The minimum absolute atomic E-state index is 0.104. The Morgan fingerprint density at radius 1 is 1.30 bits per heavy atom. The summed E-state index contributed by atoms with van der Waals surface area (Å²) in [6.07, 6.45) is 2.43. The molecule has 1 aromatic rings. The zero-order valence-corrected chi connectivity index (χ0v) is 12.5. The molecule has 0 aliphatic carbocycles. The number of ether oxygens (including phenoxy) is 1. The Kier molecular flexibility index (Phi) is 7.92. The van der Waals surface area contributed by atoms with Gasteiger partial charge < -0.3 is 15.4 Å². The average Bonchev–Trinajstić information content (AvgIpc) is 2.48. The molecule has 1 unspecified atom stereocenters. The van der Waals surface area contributed by atoms with Gasteiger partial charge in [-0.1, -0.05) is 43.7 Å². The summed E-state index contributed by atoms with van der Waals surface area (Å²) >= 11 is 0. The van der Waals surface area contributed by atoms with Crippen LogP contribution < -0.4 is 5.73 Å². The molecule has 0 radical (unpaired) electrons. The lowest BCUT2D eigenvalue weighted by atomic mass is 10.0. The number of carbonyl (C=O) groups is 1. The highest BCUT2D eigenvalue weighted by atomic mass is 16.5. The molecule has 0 spiro atoms. The van der Waals surface area contributed by atoms with E-state index in [1.807, 2.05) is 35.2 Å². The Labute approximate surface area is 121 Å². The molecule has 2 N–H and O–H groups in total. The molecule has 4 heteroatoms. The van der Waals surface area contributed by atoms with Crippen LogP contribution in [0.2, 0.25) is 0 Å². The van der Waals surface area contributed by atoms with Crippen molar-refractivity contribution >= 4 is 5.91 Å². The highest BCUT2D eigenvalue weighted by Crippen LogP contribution is 2.15. The standard InChI is InChI=1S/C16H26N2O2/c1-3-4-10-18(11-12-20-2)16(19)13-15(17)14-8-6-5-7-9-14/h5-9,15H,3-4,10-13,17H2,1-2H3. The summed E-state index contributed by atoms with van der Waals surface area (Å²) in [6.45, 7) is 4.10. The molecule has 112 valence electrons. The lowest BCUT2D eigenvalue weighted by Crippen LogP contribution is -2.36. The molecule has 0 fully saturated rings. The number of hydrogen-bond donors (Lipinski definition) is 1. The molecule has 0 aromatic heterocycles. The normalized spacial score (nSPS) is 12.2. The van der Waals surface area contributed by atoms with E-state index in [2.05, 4.69) is 6.92 Å². The van der Waals surface area contributed by atoms with E-state index in [0.717, 1.165) is 24.9 Å². The zero-order valence-electron chi connectivity index (χ0n) is 12.5. The number of methoxy groups -OCH3 is 1. The highest BCUT2D eigenvalue weighted by Gasteiger charge is 2.17. The van der Waals surface area contributed by atoms with Crippen molar-refractivity contribution in [2.75, 3.05) is 26.8 Å². The number of hydrogen-bond acceptors (Lipinski definition) is 3. The van der Waals surface area contributed by atoms with Gasteiger partial charge in [0.1, 0.15) is 0 Å². The van der Waals surface area contributed by atoms with Crippen LogP contribution in [-0.2, 0) is 9.53 Å². The van der Waals surface area contributed by atoms with Gasteiger partial charge in [-0.3, -0.25) is 4.79 Å². The van der Waals surface area contributed by atoms with E-state index in [9.17, 15) is 4.79 Å². The minimum atomic E-state index is -0.240. The first-order valence-corrected chi connectivity index (χ1v) is 7.26. The fourth-order valence-electron chi connectivity index (χ4n) is 2.05. The van der Waals surface area contributed by atoms with Gasteiger partial charge in [0.05, 0.1) is 6.61 Å². The van der Waals surface area contributed by atoms with Gasteiger partial charge in [-0.05, 0) is 12.0 Å². The molecule has 0 saturated carbocycles. The van der Waals surface area contributed by atoms with Crippen LogP contribution in [0.5, 0.6) is 0 Å². The van der Waals surface area contributed by atoms with Gasteiger partial charge >= 0.3 is 0 Å². The first-order chi connectivity index (χ1) is 9.69. The lowest BCUT2D eigenvalue weighted by Gasteiger charge is -2.24. The van der Waals surface area contributed by atoms with Crippen LogP contribution in [-0.4, -0.2) is 37.6 Å². The molecule has 1 amide bonds. The number of carbonyl (C=O) groups excluding carboxylic acids is 1. The molecule has 0 heterocycles. The van der Waals surface area contributed by atoms with Crippen LogP contribution in [0.15, 0.2) is 30.3 Å². The number of rotatable bonds is 9. The van der Waals surface area contributed by atoms with Crippen molar-refractivity contribution in [2.24, 2.45) is 5.73 Å². The molecule has 0 aliphatic heterocycles. The topological polar surface area (TPSA) is 55.6 Å². The third kappa shape index (κ3) is 5.72. The van der Waals surface area contributed by atoms with Gasteiger partial charge in [-0.25, -0.2) is 0 Å². The third-order valence-corrected chi connectivity index (χ3v) is 3.32. The number of unbranched alkanes of at least 4 members (excludes halogenated alkanes) is 1. The monoisotopic (exact) mass is 278 g/mol. The summed E-state index contributed by atoms with van der Waals surface area (Å²) in [5.41, 5.74) is 7.12. The summed E-state index contributed by atoms with van der Waals surface area (Å²) in [4.78, 5) is 14.2. The molecular formula is C16H26N2O2. The summed E-state index contributed by atoms with van der Waals surface area (Å²) in [5, 5.41) is 0. The Morgan fingerprint density at radius 2 is 2.00 bits per heavy atom. The van der Waals surface area contributed by atoms with Crippen molar-refractivity contribution in [1.82, 2.24) is 4.90 Å². The van der Waals surface area contributed by atoms with Crippen molar-refractivity contribution in [3.8, 4) is 0 Å². The Morgan fingerprint density at radius 3 is 2.60 bits per heavy atom. The molecule has 1 aromatic carbocycles. The van der Waals surface area contributed by atoms with E-state index in [0.29, 0.717) is 19.6 Å². The predicted molar refractivity (Wildman–Crippen MR) is 81.4 cm³/mol. The molecular weight excluding hydrogens is 252 g/mol. The molecule has 0 bridgehead atoms. The number of benzene rings is 1. The second-order valence-electron chi connectivity index (χ2n) is 4.95. The third-order valence-electron chi connectivity index (χ3n) is 3.32. The second kappa shape index (κ2) is 9.50. The minimum Gasteiger partial charge on any atom is -0.383 e. The summed E-state index contributed by atoms with van der Waals surface area (Å²) in [6, 6.07) is 9.52. The van der Waals surface area contributed by atoms with Gasteiger partial charge in [0, 0.05) is 32.7 Å². The zero-order chi connectivity index (χ0) is 14.8. The maximum absolute atomic E-state index is 12.3. The number of nitrogens with zero attached hydrogens (tertiary/aromatic N) is 1. The quantitative estimate of drug-likeness (QED) is 0.754. The van der Waals surface area contributed by atoms with Crippen LogP contribution >= 0.6 is 0 Å². The predicted octanol–water partition coefficient (Wildman–Crippen LogP) is 2.35. The number of amides is 1. The SMILES string of the molecule is CCCCN(CCOC)C(=O)CC(N)c1ccccc1. The fraction of sp³-hybridized carbons (Fsp3) is 0.562. The molecule has 4 nitrogen and oxygen atoms in total. The highest BCUT2D eigenvalue weighted by molar-refractivity contribution is 5.77. The maximum atomic E-state index is 12.3. The van der Waals surface area contributed by atoms with Gasteiger partial charge in [-0.15, -0.1) is 0 Å². The molecule has 0 saturated heterocycles. The van der Waals surface area contributed by atoms with Crippen molar-refractivity contribution < 1.29 is 9.53 Å². The van der Waals surface area contributed by atoms with Crippen LogP contribution in [0.4, 0.5) is 0 Å². The fourth-order valence-corrected chi connectivity index (χ4v) is 2.05. The Bertz CT molecular complexity index is 373. The average molecular weight is 278 g/mol. The first-order valence-electron chi connectivity index (χ1n) is 7.26. The summed E-state index contributed by atoms with van der Waals surface area (Å²) in [5.74, 6) is 0.104. The van der Waals surface area contributed by atoms with Crippen LogP contribution in [0.1, 0.15) is 37.8 Å². The van der Waals surface area contributed by atoms with E-state index in [1.165, 1.54) is 0 Å². The molecule has 20 heavy (non-hydrogen) atoms. The van der Waals surface area contributed by atoms with Crippen molar-refractivity contribution in [3.63, 3.8) is 0 Å². The van der Waals surface area contributed by atoms with Crippen LogP contribution in [0.3, 0.4) is 0 Å².